The van der Waals surface area contributed by atoms with Gasteiger partial charge in [-0.05, 0) is 106 Å². The lowest BCUT2D eigenvalue weighted by Gasteiger charge is -2.28. The number of rotatable bonds is 12. The van der Waals surface area contributed by atoms with Crippen LogP contribution in [0.15, 0.2) is 291 Å². The lowest BCUT2D eigenvalue weighted by molar-refractivity contribution is 1.25. The fourth-order valence-electron chi connectivity index (χ4n) is 9.89. The number of nitrogens with zero attached hydrogens (tertiary/aromatic N) is 4. The fourth-order valence-corrected chi connectivity index (χ4v) is 9.89. The number of hydrogen-bond acceptors (Lipinski definition) is 4. The van der Waals surface area contributed by atoms with E-state index in [1.54, 1.807) is 0 Å². The summed E-state index contributed by atoms with van der Waals surface area (Å²) in [7, 11) is 0. The Labute approximate surface area is 421 Å². The second-order valence-electron chi connectivity index (χ2n) is 17.7. The minimum atomic E-state index is 0.810. The van der Waals surface area contributed by atoms with Gasteiger partial charge < -0.3 is 9.80 Å². The number of para-hydroxylation sites is 3. The molecular formula is C68H48N4. The van der Waals surface area contributed by atoms with E-state index < -0.39 is 0 Å². The van der Waals surface area contributed by atoms with Crippen LogP contribution in [0.2, 0.25) is 0 Å². The molecule has 0 aliphatic rings. The Kier molecular flexibility index (Phi) is 12.0. The predicted molar refractivity (Wildman–Crippen MR) is 302 cm³/mol. The summed E-state index contributed by atoms with van der Waals surface area (Å²) in [5.74, 6) is 0. The maximum atomic E-state index is 5.81. The van der Waals surface area contributed by atoms with Crippen molar-refractivity contribution >= 4 is 45.2 Å². The summed E-state index contributed by atoms with van der Waals surface area (Å²) in [4.78, 5) is 16.2. The highest BCUT2D eigenvalue weighted by atomic mass is 15.2. The van der Waals surface area contributed by atoms with E-state index in [-0.39, 0.29) is 0 Å². The Bertz CT molecular complexity index is 3720. The van der Waals surface area contributed by atoms with Gasteiger partial charge in [-0.15, -0.1) is 0 Å². The smallest absolute Gasteiger partial charge is 0.0979 e. The Hall–Kier alpha value is -9.64. The molecule has 0 radical (unpaired) electrons. The molecule has 0 saturated heterocycles. The Morgan fingerprint density at radius 1 is 0.181 bits per heavy atom. The summed E-state index contributed by atoms with van der Waals surface area (Å²) in [5, 5.41) is 0. The summed E-state index contributed by atoms with van der Waals surface area (Å²) >= 11 is 0. The lowest BCUT2D eigenvalue weighted by Crippen LogP contribution is -2.12. The molecule has 0 saturated carbocycles. The maximum Gasteiger partial charge on any atom is 0.0979 e. The first-order valence-electron chi connectivity index (χ1n) is 24.4. The van der Waals surface area contributed by atoms with E-state index in [1.807, 2.05) is 0 Å². The van der Waals surface area contributed by atoms with Crippen molar-refractivity contribution in [3.63, 3.8) is 0 Å². The second kappa shape index (κ2) is 19.8. The molecule has 0 bridgehead atoms. The van der Waals surface area contributed by atoms with Gasteiger partial charge in [-0.1, -0.05) is 218 Å². The average Bonchev–Trinajstić information content (AvgIpc) is 3.47. The van der Waals surface area contributed by atoms with Gasteiger partial charge in [-0.2, -0.15) is 0 Å². The van der Waals surface area contributed by atoms with Crippen LogP contribution in [0.1, 0.15) is 0 Å². The number of benzene rings is 11. The molecule has 4 heteroatoms. The van der Waals surface area contributed by atoms with Crippen LogP contribution in [0.3, 0.4) is 0 Å². The molecule has 0 unspecified atom stereocenters. The van der Waals surface area contributed by atoms with Crippen molar-refractivity contribution in [2.24, 2.45) is 0 Å². The zero-order valence-electron chi connectivity index (χ0n) is 39.5. The summed E-state index contributed by atoms with van der Waals surface area (Å²) in [6, 6.07) is 103. The normalized spacial score (nSPS) is 11.1. The SMILES string of the molecule is c1ccc(-c2ccccc2-c2ccc(-c3ccccc3-c3ccccc3)c3nc(-c4ccc(N(c5ccccc5)c5ccc(N(c6ccccc6)c6ccccc6)cc5)cc4)c(-c4ccccc4)nc23)cc1. The summed E-state index contributed by atoms with van der Waals surface area (Å²) < 4.78 is 0. The summed E-state index contributed by atoms with van der Waals surface area (Å²) in [6.45, 7) is 0. The van der Waals surface area contributed by atoms with Crippen LogP contribution in [0, 0.1) is 0 Å². The molecule has 0 spiro atoms. The highest BCUT2D eigenvalue weighted by molar-refractivity contribution is 6.06. The van der Waals surface area contributed by atoms with Gasteiger partial charge in [0.15, 0.2) is 0 Å². The second-order valence-corrected chi connectivity index (χ2v) is 17.7. The fraction of sp³-hybridized carbons (Fsp3) is 0. The molecule has 0 atom stereocenters. The zero-order valence-corrected chi connectivity index (χ0v) is 39.5. The molecule has 0 aliphatic carbocycles. The minimum Gasteiger partial charge on any atom is -0.311 e. The molecule has 12 aromatic rings. The molecule has 1 heterocycles. The van der Waals surface area contributed by atoms with E-state index in [0.717, 1.165) is 112 Å². The van der Waals surface area contributed by atoms with Crippen LogP contribution >= 0.6 is 0 Å². The average molecular weight is 921 g/mol. The molecular weight excluding hydrogens is 873 g/mol. The third kappa shape index (κ3) is 8.59. The van der Waals surface area contributed by atoms with Crippen molar-refractivity contribution in [3.05, 3.63) is 291 Å². The molecule has 340 valence electrons. The van der Waals surface area contributed by atoms with Crippen LogP contribution in [-0.4, -0.2) is 9.97 Å². The van der Waals surface area contributed by atoms with Gasteiger partial charge in [0.2, 0.25) is 0 Å². The van der Waals surface area contributed by atoms with Crippen LogP contribution in [-0.2, 0) is 0 Å². The maximum absolute atomic E-state index is 5.81. The molecule has 0 amide bonds. The Balaban J connectivity index is 1.02. The summed E-state index contributed by atoms with van der Waals surface area (Å²) in [5.41, 5.74) is 20.5. The van der Waals surface area contributed by atoms with Gasteiger partial charge in [0.05, 0.1) is 22.4 Å². The highest BCUT2D eigenvalue weighted by Gasteiger charge is 2.23. The third-order valence-electron chi connectivity index (χ3n) is 13.3. The molecule has 1 aromatic heterocycles. The van der Waals surface area contributed by atoms with Gasteiger partial charge in [-0.3, -0.25) is 0 Å². The predicted octanol–water partition coefficient (Wildman–Crippen LogP) is 18.6. The lowest BCUT2D eigenvalue weighted by atomic mass is 9.89. The van der Waals surface area contributed by atoms with Crippen molar-refractivity contribution in [3.8, 4) is 67.0 Å². The van der Waals surface area contributed by atoms with Crippen molar-refractivity contribution in [1.82, 2.24) is 9.97 Å². The Morgan fingerprint density at radius 2 is 0.431 bits per heavy atom. The monoisotopic (exact) mass is 920 g/mol. The quantitative estimate of drug-likeness (QED) is 0.122. The van der Waals surface area contributed by atoms with E-state index in [9.17, 15) is 0 Å². The first-order chi connectivity index (χ1) is 35.7. The van der Waals surface area contributed by atoms with Gasteiger partial charge in [0.1, 0.15) is 0 Å². The molecule has 72 heavy (non-hydrogen) atoms. The number of anilines is 6. The van der Waals surface area contributed by atoms with Crippen molar-refractivity contribution in [2.75, 3.05) is 9.80 Å². The molecule has 11 aromatic carbocycles. The highest BCUT2D eigenvalue weighted by Crippen LogP contribution is 2.45. The Morgan fingerprint density at radius 3 is 0.778 bits per heavy atom. The van der Waals surface area contributed by atoms with Crippen molar-refractivity contribution in [2.45, 2.75) is 0 Å². The standard InChI is InChI=1S/C68H48N4/c1-7-23-49(24-8-1)59-35-19-21-37-61(59)63-47-48-64(62-38-22-20-36-60(62)50-25-9-2-10-26-50)68-67(63)69-65(51-27-11-3-12-28-51)66(70-68)52-39-41-56(42-40-52)72(55-33-17-6-18-34-55)58-45-43-57(44-46-58)71(53-29-13-4-14-30-53)54-31-15-5-16-32-54/h1-48H. The van der Waals surface area contributed by atoms with E-state index >= 15 is 0 Å². The minimum absolute atomic E-state index is 0.810. The topological polar surface area (TPSA) is 32.3 Å². The molecule has 0 aliphatic heterocycles. The van der Waals surface area contributed by atoms with Gasteiger partial charge in [0.25, 0.3) is 0 Å². The van der Waals surface area contributed by atoms with E-state index in [1.165, 1.54) is 0 Å². The number of hydrogen-bond donors (Lipinski definition) is 0. The van der Waals surface area contributed by atoms with Crippen LogP contribution in [0.5, 0.6) is 0 Å². The third-order valence-corrected chi connectivity index (χ3v) is 13.3. The van der Waals surface area contributed by atoms with E-state index in [4.69, 9.17) is 9.97 Å². The van der Waals surface area contributed by atoms with E-state index in [0.29, 0.717) is 0 Å². The van der Waals surface area contributed by atoms with Gasteiger partial charge >= 0.3 is 0 Å². The first kappa shape index (κ1) is 43.6. The van der Waals surface area contributed by atoms with Crippen LogP contribution in [0.25, 0.3) is 78.1 Å². The van der Waals surface area contributed by atoms with E-state index in [2.05, 4.69) is 301 Å². The first-order valence-corrected chi connectivity index (χ1v) is 24.4. The molecule has 0 N–H and O–H groups in total. The number of fused-ring (bicyclic) bond motifs is 1. The number of aromatic nitrogens is 2. The van der Waals surface area contributed by atoms with Crippen molar-refractivity contribution in [1.29, 1.82) is 0 Å². The van der Waals surface area contributed by atoms with Crippen molar-refractivity contribution < 1.29 is 0 Å². The van der Waals surface area contributed by atoms with Crippen LogP contribution < -0.4 is 9.80 Å². The van der Waals surface area contributed by atoms with Gasteiger partial charge in [0, 0.05) is 56.4 Å². The summed E-state index contributed by atoms with van der Waals surface area (Å²) in [6.07, 6.45) is 0. The van der Waals surface area contributed by atoms with Gasteiger partial charge in [-0.25, -0.2) is 9.97 Å². The molecule has 0 fully saturated rings. The molecule has 12 rings (SSSR count). The van der Waals surface area contributed by atoms with Crippen LogP contribution in [0.4, 0.5) is 34.1 Å². The molecule has 4 nitrogen and oxygen atoms in total. The zero-order chi connectivity index (χ0) is 48.1. The largest absolute Gasteiger partial charge is 0.311 e.